The van der Waals surface area contributed by atoms with Gasteiger partial charge in [-0.3, -0.25) is 9.58 Å². The lowest BCUT2D eigenvalue weighted by molar-refractivity contribution is 0.0797. The topological polar surface area (TPSA) is 39.5 Å². The summed E-state index contributed by atoms with van der Waals surface area (Å²) in [5.41, 5.74) is 2.66. The summed E-state index contributed by atoms with van der Waals surface area (Å²) in [6.45, 7) is 10.2. The number of nitrogens with zero attached hydrogens (tertiary/aromatic N) is 3. The lowest BCUT2D eigenvalue weighted by atomic mass is 9.97. The third kappa shape index (κ3) is 3.55. The lowest BCUT2D eigenvalue weighted by Gasteiger charge is -2.32. The largest absolute Gasteiger partial charge is 0.381 e. The van der Waals surface area contributed by atoms with Crippen LogP contribution in [0.25, 0.3) is 0 Å². The van der Waals surface area contributed by atoms with Crippen molar-refractivity contribution in [3.05, 3.63) is 17.5 Å². The normalized spacial score (nSPS) is 19.6. The quantitative estimate of drug-likeness (QED) is 0.700. The maximum atomic E-state index is 5.63. The Labute approximate surface area is 115 Å². The summed E-state index contributed by atoms with van der Waals surface area (Å²) in [5, 5.41) is 4.39. The fourth-order valence-corrected chi connectivity index (χ4v) is 2.74. The van der Waals surface area contributed by atoms with Crippen LogP contribution in [0, 0.1) is 0 Å². The molecule has 0 bridgehead atoms. The summed E-state index contributed by atoms with van der Waals surface area (Å²) in [5.74, 6) is 0.415. The van der Waals surface area contributed by atoms with Gasteiger partial charge in [0.15, 0.2) is 0 Å². The highest BCUT2D eigenvalue weighted by molar-refractivity contribution is 5.25. The summed E-state index contributed by atoms with van der Waals surface area (Å²) in [7, 11) is 2.02. The fraction of sp³-hybridized carbons (Fsp3) is 0.786. The van der Waals surface area contributed by atoms with Crippen LogP contribution in [-0.4, -0.2) is 54.2 Å². The van der Waals surface area contributed by atoms with Crippen LogP contribution >= 0.6 is 0 Å². The van der Waals surface area contributed by atoms with Gasteiger partial charge in [-0.2, -0.15) is 5.10 Å². The van der Waals surface area contributed by atoms with E-state index in [1.807, 2.05) is 31.8 Å². The molecule has 0 radical (unpaired) electrons. The van der Waals surface area contributed by atoms with Crippen molar-refractivity contribution in [3.63, 3.8) is 0 Å². The molecule has 1 atom stereocenters. The summed E-state index contributed by atoms with van der Waals surface area (Å²) < 4.78 is 13.1. The molecule has 0 amide bonds. The van der Waals surface area contributed by atoms with Crippen molar-refractivity contribution in [3.8, 4) is 0 Å². The van der Waals surface area contributed by atoms with E-state index in [4.69, 9.17) is 9.47 Å². The highest BCUT2D eigenvalue weighted by Crippen LogP contribution is 2.27. The molecular formula is C14H25N3O2. The van der Waals surface area contributed by atoms with Crippen molar-refractivity contribution in [2.45, 2.75) is 26.3 Å². The number of aryl methyl sites for hydroxylation is 1. The van der Waals surface area contributed by atoms with Crippen LogP contribution in [-0.2, 0) is 23.1 Å². The highest BCUT2D eigenvalue weighted by Gasteiger charge is 2.28. The van der Waals surface area contributed by atoms with E-state index in [1.54, 1.807) is 0 Å². The molecule has 0 fully saturated rings. The monoisotopic (exact) mass is 267 g/mol. The molecular weight excluding hydrogens is 242 g/mol. The van der Waals surface area contributed by atoms with E-state index in [2.05, 4.69) is 10.00 Å². The Morgan fingerprint density at radius 3 is 2.84 bits per heavy atom. The van der Waals surface area contributed by atoms with Gasteiger partial charge in [0.25, 0.3) is 0 Å². The van der Waals surface area contributed by atoms with Crippen molar-refractivity contribution in [1.29, 1.82) is 0 Å². The number of hydrogen-bond donors (Lipinski definition) is 0. The van der Waals surface area contributed by atoms with Gasteiger partial charge < -0.3 is 9.47 Å². The molecule has 0 spiro atoms. The van der Waals surface area contributed by atoms with Crippen LogP contribution in [0.2, 0.25) is 0 Å². The van der Waals surface area contributed by atoms with Crippen molar-refractivity contribution in [2.24, 2.45) is 7.05 Å². The van der Waals surface area contributed by atoms with Crippen molar-refractivity contribution in [1.82, 2.24) is 14.7 Å². The van der Waals surface area contributed by atoms with Gasteiger partial charge in [-0.1, -0.05) is 0 Å². The first-order valence-electron chi connectivity index (χ1n) is 7.14. The second-order valence-corrected chi connectivity index (χ2v) is 4.97. The third-order valence-corrected chi connectivity index (χ3v) is 3.60. The van der Waals surface area contributed by atoms with Crippen LogP contribution in [0.4, 0.5) is 0 Å². The van der Waals surface area contributed by atoms with Gasteiger partial charge >= 0.3 is 0 Å². The van der Waals surface area contributed by atoms with Crippen LogP contribution in [0.5, 0.6) is 0 Å². The summed E-state index contributed by atoms with van der Waals surface area (Å²) in [6.07, 6.45) is 1.99. The fourth-order valence-electron chi connectivity index (χ4n) is 2.74. The molecule has 1 unspecified atom stereocenters. The lowest BCUT2D eigenvalue weighted by Crippen LogP contribution is -2.38. The maximum Gasteiger partial charge on any atom is 0.0593 e. The van der Waals surface area contributed by atoms with Crippen LogP contribution in [0.1, 0.15) is 31.0 Å². The molecule has 0 saturated heterocycles. The van der Waals surface area contributed by atoms with Gasteiger partial charge in [0.05, 0.1) is 19.4 Å². The number of fused-ring (bicyclic) bond motifs is 1. The van der Waals surface area contributed by atoms with Crippen molar-refractivity contribution >= 4 is 0 Å². The highest BCUT2D eigenvalue weighted by atomic mass is 16.5. The molecule has 5 heteroatoms. The van der Waals surface area contributed by atoms with E-state index in [1.165, 1.54) is 11.3 Å². The Balaban J connectivity index is 2.02. The Kier molecular flexibility index (Phi) is 5.36. The first-order chi connectivity index (χ1) is 9.26. The smallest absolute Gasteiger partial charge is 0.0593 e. The first-order valence-corrected chi connectivity index (χ1v) is 7.14. The molecule has 1 aromatic rings. The minimum absolute atomic E-state index is 0.415. The van der Waals surface area contributed by atoms with Gasteiger partial charge in [-0.15, -0.1) is 0 Å². The zero-order valence-electron chi connectivity index (χ0n) is 12.3. The molecule has 2 rings (SSSR count). The summed E-state index contributed by atoms with van der Waals surface area (Å²) >= 11 is 0. The maximum absolute atomic E-state index is 5.63. The van der Waals surface area contributed by atoms with E-state index in [0.717, 1.165) is 46.1 Å². The van der Waals surface area contributed by atoms with E-state index in [9.17, 15) is 0 Å². The predicted octanol–water partition coefficient (Wildman–Crippen LogP) is 1.39. The van der Waals surface area contributed by atoms with Gasteiger partial charge in [0.1, 0.15) is 0 Å². The second kappa shape index (κ2) is 7.03. The van der Waals surface area contributed by atoms with Crippen LogP contribution in [0.3, 0.4) is 0 Å². The SMILES string of the molecule is CCOCCN1Cc2cnn(C)c2C(COCC)C1. The minimum atomic E-state index is 0.415. The van der Waals surface area contributed by atoms with E-state index >= 15 is 0 Å². The Hall–Kier alpha value is -0.910. The Morgan fingerprint density at radius 2 is 2.11 bits per heavy atom. The van der Waals surface area contributed by atoms with E-state index in [0.29, 0.717) is 5.92 Å². The zero-order valence-corrected chi connectivity index (χ0v) is 12.3. The Morgan fingerprint density at radius 1 is 1.32 bits per heavy atom. The van der Waals surface area contributed by atoms with Crippen molar-refractivity contribution in [2.75, 3.05) is 39.5 Å². The van der Waals surface area contributed by atoms with Gasteiger partial charge in [-0.25, -0.2) is 0 Å². The second-order valence-electron chi connectivity index (χ2n) is 4.97. The molecule has 0 aliphatic carbocycles. The summed E-state index contributed by atoms with van der Waals surface area (Å²) in [6, 6.07) is 0. The van der Waals surface area contributed by atoms with Crippen LogP contribution in [0.15, 0.2) is 6.20 Å². The number of ether oxygens (including phenoxy) is 2. The van der Waals surface area contributed by atoms with Gasteiger partial charge in [-0.05, 0) is 13.8 Å². The molecule has 1 aliphatic rings. The average Bonchev–Trinajstić information content (AvgIpc) is 2.78. The van der Waals surface area contributed by atoms with E-state index < -0.39 is 0 Å². The molecule has 2 heterocycles. The molecule has 0 saturated carbocycles. The Bertz CT molecular complexity index is 392. The number of hydrogen-bond acceptors (Lipinski definition) is 4. The molecule has 0 aromatic carbocycles. The average molecular weight is 267 g/mol. The van der Waals surface area contributed by atoms with Gasteiger partial charge in [0, 0.05) is 57.1 Å². The standard InChI is InChI=1S/C14H25N3O2/c1-4-18-7-6-17-9-12-8-15-16(3)14(12)13(10-17)11-19-5-2/h8,13H,4-7,9-11H2,1-3H3. The molecule has 1 aromatic heterocycles. The molecule has 1 aliphatic heterocycles. The van der Waals surface area contributed by atoms with E-state index in [-0.39, 0.29) is 0 Å². The molecule has 19 heavy (non-hydrogen) atoms. The first kappa shape index (κ1) is 14.5. The molecule has 0 N–H and O–H groups in total. The number of rotatable bonds is 7. The summed E-state index contributed by atoms with van der Waals surface area (Å²) in [4.78, 5) is 2.43. The predicted molar refractivity (Wildman–Crippen MR) is 74.2 cm³/mol. The van der Waals surface area contributed by atoms with Crippen LogP contribution < -0.4 is 0 Å². The third-order valence-electron chi connectivity index (χ3n) is 3.60. The van der Waals surface area contributed by atoms with Gasteiger partial charge in [0.2, 0.25) is 0 Å². The van der Waals surface area contributed by atoms with Crippen molar-refractivity contribution < 1.29 is 9.47 Å². The number of aromatic nitrogens is 2. The minimum Gasteiger partial charge on any atom is -0.381 e. The zero-order chi connectivity index (χ0) is 13.7. The molecule has 5 nitrogen and oxygen atoms in total. The molecule has 108 valence electrons.